The van der Waals surface area contributed by atoms with Gasteiger partial charge in [0.2, 0.25) is 0 Å². The number of hydrogen-bond donors (Lipinski definition) is 0. The zero-order chi connectivity index (χ0) is 13.0. The van der Waals surface area contributed by atoms with E-state index in [1.807, 2.05) is 12.1 Å². The number of nitrogens with zero attached hydrogens (tertiary/aromatic N) is 1. The minimum atomic E-state index is 0.708. The standard InChI is InChI=1S/C15H20ClNO/c1-12(2)6-9-18-10-8-17-7-5-13-11-14(16)3-4-15(13)17/h3-5,7,11-12H,6,8-10H2,1-2H3. The molecule has 0 saturated heterocycles. The monoisotopic (exact) mass is 265 g/mol. The van der Waals surface area contributed by atoms with Gasteiger partial charge in [-0.2, -0.15) is 0 Å². The van der Waals surface area contributed by atoms with Crippen LogP contribution in [0.4, 0.5) is 0 Å². The van der Waals surface area contributed by atoms with Crippen molar-refractivity contribution in [3.05, 3.63) is 35.5 Å². The lowest BCUT2D eigenvalue weighted by Crippen LogP contribution is -2.07. The van der Waals surface area contributed by atoms with Crippen LogP contribution < -0.4 is 0 Å². The highest BCUT2D eigenvalue weighted by atomic mass is 35.5. The molecule has 0 radical (unpaired) electrons. The molecule has 98 valence electrons. The molecule has 0 saturated carbocycles. The lowest BCUT2D eigenvalue weighted by atomic mass is 10.1. The van der Waals surface area contributed by atoms with Crippen LogP contribution in [0.3, 0.4) is 0 Å². The van der Waals surface area contributed by atoms with E-state index in [1.165, 1.54) is 10.9 Å². The minimum Gasteiger partial charge on any atom is -0.380 e. The molecule has 0 aliphatic heterocycles. The quantitative estimate of drug-likeness (QED) is 0.708. The van der Waals surface area contributed by atoms with E-state index in [0.717, 1.165) is 31.2 Å². The first-order valence-electron chi connectivity index (χ1n) is 6.49. The van der Waals surface area contributed by atoms with Crippen LogP contribution in [-0.2, 0) is 11.3 Å². The Morgan fingerprint density at radius 1 is 1.22 bits per heavy atom. The predicted octanol–water partition coefficient (Wildman–Crippen LogP) is 4.36. The van der Waals surface area contributed by atoms with E-state index in [0.29, 0.717) is 5.92 Å². The van der Waals surface area contributed by atoms with Gasteiger partial charge in [-0.05, 0) is 36.6 Å². The van der Waals surface area contributed by atoms with Gasteiger partial charge in [0.15, 0.2) is 0 Å². The average Bonchev–Trinajstić information content (AvgIpc) is 2.70. The molecule has 0 unspecified atom stereocenters. The topological polar surface area (TPSA) is 14.2 Å². The van der Waals surface area contributed by atoms with Gasteiger partial charge in [-0.15, -0.1) is 0 Å². The third-order valence-electron chi connectivity index (χ3n) is 3.05. The van der Waals surface area contributed by atoms with E-state index < -0.39 is 0 Å². The van der Waals surface area contributed by atoms with Crippen LogP contribution in [-0.4, -0.2) is 17.8 Å². The molecule has 18 heavy (non-hydrogen) atoms. The van der Waals surface area contributed by atoms with E-state index in [9.17, 15) is 0 Å². The molecule has 0 atom stereocenters. The van der Waals surface area contributed by atoms with Gasteiger partial charge in [0.1, 0.15) is 0 Å². The summed E-state index contributed by atoms with van der Waals surface area (Å²) >= 11 is 5.97. The fraction of sp³-hybridized carbons (Fsp3) is 0.467. The van der Waals surface area contributed by atoms with E-state index in [4.69, 9.17) is 16.3 Å². The number of halogens is 1. The molecule has 3 heteroatoms. The summed E-state index contributed by atoms with van der Waals surface area (Å²) in [4.78, 5) is 0. The lowest BCUT2D eigenvalue weighted by Gasteiger charge is -2.08. The molecule has 1 aromatic heterocycles. The van der Waals surface area contributed by atoms with Gasteiger partial charge < -0.3 is 9.30 Å². The third-order valence-corrected chi connectivity index (χ3v) is 3.28. The van der Waals surface area contributed by atoms with Gasteiger partial charge in [-0.1, -0.05) is 25.4 Å². The molecule has 1 heterocycles. The zero-order valence-electron chi connectivity index (χ0n) is 11.0. The van der Waals surface area contributed by atoms with Gasteiger partial charge >= 0.3 is 0 Å². The first kappa shape index (κ1) is 13.4. The van der Waals surface area contributed by atoms with E-state index in [1.54, 1.807) is 0 Å². The molecule has 0 amide bonds. The summed E-state index contributed by atoms with van der Waals surface area (Å²) < 4.78 is 7.85. The van der Waals surface area contributed by atoms with Crippen LogP contribution in [0, 0.1) is 5.92 Å². The van der Waals surface area contributed by atoms with Crippen molar-refractivity contribution in [3.63, 3.8) is 0 Å². The lowest BCUT2D eigenvalue weighted by molar-refractivity contribution is 0.117. The first-order chi connectivity index (χ1) is 8.66. The second-order valence-electron chi connectivity index (χ2n) is 5.01. The Morgan fingerprint density at radius 2 is 2.06 bits per heavy atom. The van der Waals surface area contributed by atoms with Crippen molar-refractivity contribution >= 4 is 22.5 Å². The summed E-state index contributed by atoms with van der Waals surface area (Å²) in [5.41, 5.74) is 1.21. The highest BCUT2D eigenvalue weighted by molar-refractivity contribution is 6.31. The zero-order valence-corrected chi connectivity index (χ0v) is 11.8. The molecule has 0 aliphatic rings. The molecule has 0 spiro atoms. The Hall–Kier alpha value is -0.990. The van der Waals surface area contributed by atoms with Crippen molar-refractivity contribution in [1.82, 2.24) is 4.57 Å². The predicted molar refractivity (Wildman–Crippen MR) is 77.2 cm³/mol. The summed E-state index contributed by atoms with van der Waals surface area (Å²) in [6, 6.07) is 8.08. The Kier molecular flexibility index (Phi) is 4.67. The molecule has 0 N–H and O–H groups in total. The second kappa shape index (κ2) is 6.26. The van der Waals surface area contributed by atoms with Gasteiger partial charge in [-0.3, -0.25) is 0 Å². The van der Waals surface area contributed by atoms with Crippen molar-refractivity contribution in [2.24, 2.45) is 5.92 Å². The molecular weight excluding hydrogens is 246 g/mol. The normalized spacial score (nSPS) is 11.6. The molecular formula is C15H20ClNO. The highest BCUT2D eigenvalue weighted by Crippen LogP contribution is 2.20. The Balaban J connectivity index is 1.88. The molecule has 2 rings (SSSR count). The fourth-order valence-corrected chi connectivity index (χ4v) is 2.13. The fourth-order valence-electron chi connectivity index (χ4n) is 1.95. The molecule has 0 bridgehead atoms. The van der Waals surface area contributed by atoms with Crippen molar-refractivity contribution in [2.45, 2.75) is 26.8 Å². The number of aromatic nitrogens is 1. The largest absolute Gasteiger partial charge is 0.380 e. The summed E-state index contributed by atoms with van der Waals surface area (Å²) in [7, 11) is 0. The molecule has 2 aromatic rings. The maximum absolute atomic E-state index is 5.97. The number of hydrogen-bond acceptors (Lipinski definition) is 1. The van der Waals surface area contributed by atoms with Gasteiger partial charge in [0.25, 0.3) is 0 Å². The van der Waals surface area contributed by atoms with Crippen LogP contribution in [0.25, 0.3) is 10.9 Å². The summed E-state index contributed by atoms with van der Waals surface area (Å²) in [5.74, 6) is 0.708. The molecule has 1 aromatic carbocycles. The Morgan fingerprint density at radius 3 is 2.83 bits per heavy atom. The number of ether oxygens (including phenoxy) is 1. The van der Waals surface area contributed by atoms with Gasteiger partial charge in [0.05, 0.1) is 6.61 Å². The summed E-state index contributed by atoms with van der Waals surface area (Å²) in [6.07, 6.45) is 3.22. The summed E-state index contributed by atoms with van der Waals surface area (Å²) in [6.45, 7) is 6.93. The van der Waals surface area contributed by atoms with Gasteiger partial charge in [-0.25, -0.2) is 0 Å². The van der Waals surface area contributed by atoms with Crippen LogP contribution in [0.1, 0.15) is 20.3 Å². The number of benzene rings is 1. The molecule has 2 nitrogen and oxygen atoms in total. The smallest absolute Gasteiger partial charge is 0.0645 e. The third kappa shape index (κ3) is 3.50. The van der Waals surface area contributed by atoms with E-state index in [-0.39, 0.29) is 0 Å². The van der Waals surface area contributed by atoms with Crippen LogP contribution in [0.5, 0.6) is 0 Å². The maximum atomic E-state index is 5.97. The van der Waals surface area contributed by atoms with Crippen LogP contribution in [0.2, 0.25) is 5.02 Å². The minimum absolute atomic E-state index is 0.708. The van der Waals surface area contributed by atoms with Crippen molar-refractivity contribution in [3.8, 4) is 0 Å². The van der Waals surface area contributed by atoms with Crippen molar-refractivity contribution < 1.29 is 4.74 Å². The maximum Gasteiger partial charge on any atom is 0.0645 e. The number of fused-ring (bicyclic) bond motifs is 1. The second-order valence-corrected chi connectivity index (χ2v) is 5.44. The Labute approximate surface area is 114 Å². The number of rotatable bonds is 6. The SMILES string of the molecule is CC(C)CCOCCn1ccc2cc(Cl)ccc21. The Bertz CT molecular complexity index is 504. The van der Waals surface area contributed by atoms with Crippen LogP contribution >= 0.6 is 11.6 Å². The van der Waals surface area contributed by atoms with Crippen molar-refractivity contribution in [1.29, 1.82) is 0 Å². The van der Waals surface area contributed by atoms with Gasteiger partial charge in [0, 0.05) is 35.3 Å². The van der Waals surface area contributed by atoms with E-state index in [2.05, 4.69) is 36.7 Å². The van der Waals surface area contributed by atoms with E-state index >= 15 is 0 Å². The van der Waals surface area contributed by atoms with Crippen LogP contribution in [0.15, 0.2) is 30.5 Å². The molecule has 0 fully saturated rings. The summed E-state index contributed by atoms with van der Waals surface area (Å²) in [5, 5.41) is 1.97. The average molecular weight is 266 g/mol. The van der Waals surface area contributed by atoms with Crippen molar-refractivity contribution in [2.75, 3.05) is 13.2 Å². The highest BCUT2D eigenvalue weighted by Gasteiger charge is 2.01. The molecule has 0 aliphatic carbocycles. The first-order valence-corrected chi connectivity index (χ1v) is 6.87.